The fourth-order valence-corrected chi connectivity index (χ4v) is 3.83. The molecule has 0 saturated carbocycles. The van der Waals surface area contributed by atoms with E-state index < -0.39 is 23.6 Å². The molecule has 0 unspecified atom stereocenters. The lowest BCUT2D eigenvalue weighted by Gasteiger charge is -2.22. The SMILES string of the molecule is CCOC(=O)C(=O)N(Cc1ccc(C#CCCCCCCCCCO)cc1)Cc1ccc(C(F)(F)F)cc1. The molecule has 206 valence electrons. The van der Waals surface area contributed by atoms with Crippen LogP contribution < -0.4 is 0 Å². The van der Waals surface area contributed by atoms with E-state index in [2.05, 4.69) is 11.8 Å². The molecule has 0 radical (unpaired) electrons. The number of benzene rings is 2. The van der Waals surface area contributed by atoms with Crippen molar-refractivity contribution in [1.29, 1.82) is 0 Å². The van der Waals surface area contributed by atoms with Gasteiger partial charge in [0.2, 0.25) is 0 Å². The fourth-order valence-electron chi connectivity index (χ4n) is 3.83. The Hall–Kier alpha value is -3.31. The van der Waals surface area contributed by atoms with Gasteiger partial charge in [-0.1, -0.05) is 68.2 Å². The van der Waals surface area contributed by atoms with Crippen molar-refractivity contribution in [3.8, 4) is 11.8 Å². The molecule has 1 amide bonds. The van der Waals surface area contributed by atoms with Gasteiger partial charge in [0.1, 0.15) is 0 Å². The van der Waals surface area contributed by atoms with Gasteiger partial charge in [-0.3, -0.25) is 4.79 Å². The quantitative estimate of drug-likeness (QED) is 0.143. The highest BCUT2D eigenvalue weighted by Crippen LogP contribution is 2.29. The van der Waals surface area contributed by atoms with Gasteiger partial charge in [-0.2, -0.15) is 13.2 Å². The van der Waals surface area contributed by atoms with Gasteiger partial charge in [0, 0.05) is 31.7 Å². The van der Waals surface area contributed by atoms with Crippen molar-refractivity contribution in [2.24, 2.45) is 0 Å². The third-order valence-electron chi connectivity index (χ3n) is 5.91. The van der Waals surface area contributed by atoms with Crippen molar-refractivity contribution < 1.29 is 32.6 Å². The number of nitrogens with zero attached hydrogens (tertiary/aromatic N) is 1. The lowest BCUT2D eigenvalue weighted by atomic mass is 10.1. The molecule has 0 atom stereocenters. The zero-order valence-corrected chi connectivity index (χ0v) is 21.9. The normalized spacial score (nSPS) is 11.0. The van der Waals surface area contributed by atoms with Crippen LogP contribution in [-0.4, -0.2) is 35.1 Å². The summed E-state index contributed by atoms with van der Waals surface area (Å²) < 4.78 is 43.5. The van der Waals surface area contributed by atoms with Crippen LogP contribution in [0.2, 0.25) is 0 Å². The number of ether oxygens (including phenoxy) is 1. The number of rotatable bonds is 13. The number of hydrogen-bond acceptors (Lipinski definition) is 4. The van der Waals surface area contributed by atoms with Crippen LogP contribution in [0, 0.1) is 11.8 Å². The summed E-state index contributed by atoms with van der Waals surface area (Å²) in [4.78, 5) is 26.0. The molecule has 2 rings (SSSR count). The summed E-state index contributed by atoms with van der Waals surface area (Å²) in [5.74, 6) is 4.45. The van der Waals surface area contributed by atoms with Crippen molar-refractivity contribution >= 4 is 11.9 Å². The zero-order chi connectivity index (χ0) is 27.8. The molecule has 0 spiro atoms. The number of esters is 1. The highest BCUT2D eigenvalue weighted by atomic mass is 19.4. The highest BCUT2D eigenvalue weighted by Gasteiger charge is 2.30. The van der Waals surface area contributed by atoms with Crippen molar-refractivity contribution in [3.05, 3.63) is 70.8 Å². The number of alkyl halides is 3. The highest BCUT2D eigenvalue weighted by molar-refractivity contribution is 6.32. The molecule has 1 N–H and O–H groups in total. The van der Waals surface area contributed by atoms with Crippen LogP contribution in [0.4, 0.5) is 13.2 Å². The number of aliphatic hydroxyl groups is 1. The van der Waals surface area contributed by atoms with Crippen LogP contribution in [0.5, 0.6) is 0 Å². The van der Waals surface area contributed by atoms with Crippen LogP contribution in [0.25, 0.3) is 0 Å². The Morgan fingerprint density at radius 3 is 1.89 bits per heavy atom. The van der Waals surface area contributed by atoms with Gasteiger partial charge < -0.3 is 14.7 Å². The van der Waals surface area contributed by atoms with E-state index in [1.54, 1.807) is 6.92 Å². The van der Waals surface area contributed by atoms with Gasteiger partial charge >= 0.3 is 18.1 Å². The van der Waals surface area contributed by atoms with Crippen LogP contribution >= 0.6 is 0 Å². The van der Waals surface area contributed by atoms with Crippen LogP contribution in [0.1, 0.15) is 80.5 Å². The Kier molecular flexibility index (Phi) is 13.4. The number of amides is 1. The Morgan fingerprint density at radius 2 is 1.37 bits per heavy atom. The minimum atomic E-state index is -4.45. The lowest BCUT2D eigenvalue weighted by molar-refractivity contribution is -0.160. The largest absolute Gasteiger partial charge is 0.459 e. The first-order valence-corrected chi connectivity index (χ1v) is 13.1. The van der Waals surface area contributed by atoms with Crippen molar-refractivity contribution in [3.63, 3.8) is 0 Å². The molecule has 0 heterocycles. The minimum Gasteiger partial charge on any atom is -0.459 e. The summed E-state index contributed by atoms with van der Waals surface area (Å²) in [6.45, 7) is 1.94. The predicted octanol–water partition coefficient (Wildman–Crippen LogP) is 6.26. The summed E-state index contributed by atoms with van der Waals surface area (Å²) in [6.07, 6.45) is 4.01. The summed E-state index contributed by atoms with van der Waals surface area (Å²) >= 11 is 0. The third-order valence-corrected chi connectivity index (χ3v) is 5.91. The standard InChI is InChI=1S/C30H36F3NO4/c1-2-38-29(37)28(36)34(23-26-17-19-27(20-18-26)30(31,32)33)22-25-15-13-24(14-16-25)12-10-8-6-4-3-5-7-9-11-21-35/h13-20,35H,2-9,11,21-23H2,1H3. The van der Waals surface area contributed by atoms with E-state index in [9.17, 15) is 22.8 Å². The minimum absolute atomic E-state index is 0.0384. The van der Waals surface area contributed by atoms with E-state index in [0.29, 0.717) is 5.56 Å². The Morgan fingerprint density at radius 1 is 0.842 bits per heavy atom. The maximum absolute atomic E-state index is 12.9. The third kappa shape index (κ3) is 11.4. The van der Waals surface area contributed by atoms with Gasteiger partial charge in [0.05, 0.1) is 12.2 Å². The first kappa shape index (κ1) is 30.9. The van der Waals surface area contributed by atoms with E-state index >= 15 is 0 Å². The molecule has 2 aromatic carbocycles. The predicted molar refractivity (Wildman–Crippen MR) is 140 cm³/mol. The topological polar surface area (TPSA) is 66.8 Å². The molecule has 0 aliphatic carbocycles. The first-order valence-electron chi connectivity index (χ1n) is 13.1. The molecule has 38 heavy (non-hydrogen) atoms. The van der Waals surface area contributed by atoms with Crippen LogP contribution in [-0.2, 0) is 33.6 Å². The number of carbonyl (C=O) groups excluding carboxylic acids is 2. The molecular weight excluding hydrogens is 495 g/mol. The Balaban J connectivity index is 1.95. The summed E-state index contributed by atoms with van der Waals surface area (Å²) in [7, 11) is 0. The summed E-state index contributed by atoms with van der Waals surface area (Å²) in [5, 5.41) is 8.78. The second kappa shape index (κ2) is 16.5. The zero-order valence-electron chi connectivity index (χ0n) is 21.9. The van der Waals surface area contributed by atoms with E-state index in [4.69, 9.17) is 9.84 Å². The lowest BCUT2D eigenvalue weighted by Crippen LogP contribution is -2.36. The number of carbonyl (C=O) groups is 2. The van der Waals surface area contributed by atoms with Crippen LogP contribution in [0.15, 0.2) is 48.5 Å². The molecule has 2 aromatic rings. The van der Waals surface area contributed by atoms with Crippen molar-refractivity contribution in [1.82, 2.24) is 4.90 Å². The second-order valence-corrected chi connectivity index (χ2v) is 9.02. The summed E-state index contributed by atoms with van der Waals surface area (Å²) in [5.41, 5.74) is 1.27. The number of unbranched alkanes of at least 4 members (excludes halogenated alkanes) is 7. The molecule has 0 aromatic heterocycles. The van der Waals surface area contributed by atoms with Gasteiger partial charge in [0.25, 0.3) is 0 Å². The molecule has 0 saturated heterocycles. The smallest absolute Gasteiger partial charge is 0.416 e. The molecule has 8 heteroatoms. The molecular formula is C30H36F3NO4. The average molecular weight is 532 g/mol. The van der Waals surface area contributed by atoms with Gasteiger partial charge in [0.15, 0.2) is 0 Å². The maximum Gasteiger partial charge on any atom is 0.416 e. The molecule has 0 bridgehead atoms. The Bertz CT molecular complexity index is 1050. The average Bonchev–Trinajstić information content (AvgIpc) is 2.89. The number of halogens is 3. The van der Waals surface area contributed by atoms with Gasteiger partial charge in [-0.05, 0) is 55.2 Å². The van der Waals surface area contributed by atoms with E-state index in [-0.39, 0.29) is 26.3 Å². The second-order valence-electron chi connectivity index (χ2n) is 9.02. The summed E-state index contributed by atoms with van der Waals surface area (Å²) in [6, 6.07) is 11.8. The first-order chi connectivity index (χ1) is 18.2. The van der Waals surface area contributed by atoms with Crippen molar-refractivity contribution in [2.75, 3.05) is 13.2 Å². The van der Waals surface area contributed by atoms with Gasteiger partial charge in [-0.25, -0.2) is 4.79 Å². The molecule has 0 aliphatic rings. The number of aliphatic hydroxyl groups excluding tert-OH is 1. The van der Waals surface area contributed by atoms with Crippen LogP contribution in [0.3, 0.4) is 0 Å². The number of hydrogen-bond donors (Lipinski definition) is 1. The van der Waals surface area contributed by atoms with E-state index in [1.165, 1.54) is 29.9 Å². The van der Waals surface area contributed by atoms with E-state index in [1.807, 2.05) is 24.3 Å². The molecule has 0 aliphatic heterocycles. The Labute approximate surface area is 223 Å². The monoisotopic (exact) mass is 531 g/mol. The molecule has 5 nitrogen and oxygen atoms in total. The van der Waals surface area contributed by atoms with Crippen molar-refractivity contribution in [2.45, 2.75) is 77.6 Å². The van der Waals surface area contributed by atoms with Gasteiger partial charge in [-0.15, -0.1) is 0 Å². The fraction of sp³-hybridized carbons (Fsp3) is 0.467. The van der Waals surface area contributed by atoms with E-state index in [0.717, 1.165) is 61.8 Å². The maximum atomic E-state index is 12.9. The molecule has 0 fully saturated rings.